The fourth-order valence-corrected chi connectivity index (χ4v) is 1.86. The molecule has 0 aliphatic carbocycles. The van der Waals surface area contributed by atoms with Crippen LogP contribution in [0, 0.1) is 0 Å². The van der Waals surface area contributed by atoms with Crippen molar-refractivity contribution in [1.29, 1.82) is 0 Å². The van der Waals surface area contributed by atoms with Crippen LogP contribution in [0.15, 0.2) is 54.6 Å². The van der Waals surface area contributed by atoms with Gasteiger partial charge in [0.25, 0.3) is 0 Å². The molecule has 0 bridgehead atoms. The predicted molar refractivity (Wildman–Crippen MR) is 75.5 cm³/mol. The minimum atomic E-state index is -1.01. The molecule has 2 N–H and O–H groups in total. The van der Waals surface area contributed by atoms with Crippen LogP contribution in [0.5, 0.6) is 0 Å². The fourth-order valence-electron chi connectivity index (χ4n) is 1.86. The van der Waals surface area contributed by atoms with Gasteiger partial charge in [-0.2, -0.15) is 0 Å². The van der Waals surface area contributed by atoms with E-state index < -0.39 is 11.9 Å². The van der Waals surface area contributed by atoms with Crippen molar-refractivity contribution >= 4 is 18.0 Å². The largest absolute Gasteiger partial charge is 0.478 e. The van der Waals surface area contributed by atoms with Crippen LogP contribution >= 0.6 is 0 Å². The lowest BCUT2D eigenvalue weighted by Crippen LogP contribution is -1.98. The van der Waals surface area contributed by atoms with Gasteiger partial charge in [0.05, 0.1) is 5.56 Å². The first-order valence-electron chi connectivity index (χ1n) is 5.91. The molecule has 0 aliphatic rings. The zero-order chi connectivity index (χ0) is 14.5. The molecule has 0 saturated carbocycles. The second kappa shape index (κ2) is 5.84. The summed E-state index contributed by atoms with van der Waals surface area (Å²) in [6, 6.07) is 13.8. The highest BCUT2D eigenvalue weighted by Gasteiger charge is 2.10. The van der Waals surface area contributed by atoms with E-state index in [9.17, 15) is 9.59 Å². The van der Waals surface area contributed by atoms with Crippen LogP contribution in [0.3, 0.4) is 0 Å². The topological polar surface area (TPSA) is 74.6 Å². The van der Waals surface area contributed by atoms with Crippen LogP contribution in [0.4, 0.5) is 0 Å². The van der Waals surface area contributed by atoms with Crippen LogP contribution in [-0.2, 0) is 4.79 Å². The SMILES string of the molecule is O=C(O)/C=C/c1ccc(-c2ccccc2C(=O)O)cc1. The molecule has 20 heavy (non-hydrogen) atoms. The molecule has 0 saturated heterocycles. The maximum atomic E-state index is 11.2. The van der Waals surface area contributed by atoms with Crippen LogP contribution in [0.25, 0.3) is 17.2 Å². The first kappa shape index (κ1) is 13.5. The standard InChI is InChI=1S/C16H12O4/c17-15(18)10-7-11-5-8-12(9-6-11)13-3-1-2-4-14(13)16(19)20/h1-10H,(H,17,18)(H,19,20)/b10-7+. The molecule has 0 aliphatic heterocycles. The van der Waals surface area contributed by atoms with Gasteiger partial charge in [0.2, 0.25) is 0 Å². The highest BCUT2D eigenvalue weighted by Crippen LogP contribution is 2.24. The van der Waals surface area contributed by atoms with Gasteiger partial charge in [-0.25, -0.2) is 9.59 Å². The van der Waals surface area contributed by atoms with Gasteiger partial charge in [0.15, 0.2) is 0 Å². The first-order valence-corrected chi connectivity index (χ1v) is 5.91. The molecule has 0 heterocycles. The van der Waals surface area contributed by atoms with E-state index in [0.717, 1.165) is 17.2 Å². The van der Waals surface area contributed by atoms with Gasteiger partial charge in [-0.05, 0) is 28.8 Å². The Balaban J connectivity index is 2.36. The van der Waals surface area contributed by atoms with Gasteiger partial charge < -0.3 is 10.2 Å². The summed E-state index contributed by atoms with van der Waals surface area (Å²) in [5.74, 6) is -1.99. The number of benzene rings is 2. The molecule has 2 aromatic rings. The summed E-state index contributed by atoms with van der Waals surface area (Å²) in [6.45, 7) is 0. The number of hydrogen-bond donors (Lipinski definition) is 2. The number of hydrogen-bond acceptors (Lipinski definition) is 2. The highest BCUT2D eigenvalue weighted by molar-refractivity contribution is 5.96. The van der Waals surface area contributed by atoms with E-state index in [1.807, 2.05) is 0 Å². The van der Waals surface area contributed by atoms with Crippen LogP contribution < -0.4 is 0 Å². The number of carboxylic acid groups (broad SMARTS) is 2. The fraction of sp³-hybridized carbons (Fsp3) is 0. The molecule has 0 aromatic heterocycles. The average Bonchev–Trinajstić information content (AvgIpc) is 2.45. The van der Waals surface area contributed by atoms with Gasteiger partial charge in [-0.1, -0.05) is 42.5 Å². The molecule has 2 aromatic carbocycles. The first-order chi connectivity index (χ1) is 9.58. The van der Waals surface area contributed by atoms with Crippen molar-refractivity contribution in [2.45, 2.75) is 0 Å². The number of carbonyl (C=O) groups is 2. The Labute approximate surface area is 115 Å². The Bertz CT molecular complexity index is 669. The van der Waals surface area contributed by atoms with Gasteiger partial charge >= 0.3 is 11.9 Å². The van der Waals surface area contributed by atoms with Crippen molar-refractivity contribution < 1.29 is 19.8 Å². The third kappa shape index (κ3) is 3.11. The number of aromatic carboxylic acids is 1. The number of carboxylic acids is 2. The van der Waals surface area contributed by atoms with Crippen LogP contribution in [-0.4, -0.2) is 22.2 Å². The molecule has 0 fully saturated rings. The average molecular weight is 268 g/mol. The summed E-state index contributed by atoms with van der Waals surface area (Å²) in [5.41, 5.74) is 2.38. The second-order valence-electron chi connectivity index (χ2n) is 4.14. The van der Waals surface area contributed by atoms with Crippen molar-refractivity contribution in [3.63, 3.8) is 0 Å². The molecule has 0 spiro atoms. The highest BCUT2D eigenvalue weighted by atomic mass is 16.4. The van der Waals surface area contributed by atoms with Gasteiger partial charge in [0.1, 0.15) is 0 Å². The van der Waals surface area contributed by atoms with Gasteiger partial charge in [0, 0.05) is 6.08 Å². The molecule has 0 atom stereocenters. The molecule has 0 unspecified atom stereocenters. The van der Waals surface area contributed by atoms with Crippen molar-refractivity contribution in [2.75, 3.05) is 0 Å². The Kier molecular flexibility index (Phi) is 3.96. The zero-order valence-electron chi connectivity index (χ0n) is 10.5. The summed E-state index contributed by atoms with van der Waals surface area (Å²) < 4.78 is 0. The van der Waals surface area contributed by atoms with Gasteiger partial charge in [-0.15, -0.1) is 0 Å². The Morgan fingerprint density at radius 2 is 1.55 bits per heavy atom. The van der Waals surface area contributed by atoms with E-state index in [4.69, 9.17) is 10.2 Å². The number of aliphatic carboxylic acids is 1. The predicted octanol–water partition coefficient (Wildman–Crippen LogP) is 3.15. The van der Waals surface area contributed by atoms with Crippen molar-refractivity contribution in [2.24, 2.45) is 0 Å². The van der Waals surface area contributed by atoms with Crippen LogP contribution in [0.2, 0.25) is 0 Å². The Hall–Kier alpha value is -2.88. The molecule has 4 nitrogen and oxygen atoms in total. The van der Waals surface area contributed by atoms with E-state index in [2.05, 4.69) is 0 Å². The third-order valence-electron chi connectivity index (χ3n) is 2.80. The molecule has 100 valence electrons. The second-order valence-corrected chi connectivity index (χ2v) is 4.14. The minimum absolute atomic E-state index is 0.237. The quantitative estimate of drug-likeness (QED) is 0.835. The molecule has 4 heteroatoms. The van der Waals surface area contributed by atoms with Crippen molar-refractivity contribution in [3.8, 4) is 11.1 Å². The normalized spacial score (nSPS) is 10.6. The monoisotopic (exact) mass is 268 g/mol. The molecule has 0 radical (unpaired) electrons. The molecule has 0 amide bonds. The third-order valence-corrected chi connectivity index (χ3v) is 2.80. The Morgan fingerprint density at radius 3 is 2.15 bits per heavy atom. The minimum Gasteiger partial charge on any atom is -0.478 e. The maximum absolute atomic E-state index is 11.2. The Morgan fingerprint density at radius 1 is 0.900 bits per heavy atom. The summed E-state index contributed by atoms with van der Waals surface area (Å²) in [5, 5.41) is 17.7. The van der Waals surface area contributed by atoms with E-state index in [0.29, 0.717) is 5.56 Å². The lowest BCUT2D eigenvalue weighted by molar-refractivity contribution is -0.131. The molecule has 2 rings (SSSR count). The number of rotatable bonds is 4. The lowest BCUT2D eigenvalue weighted by Gasteiger charge is -2.06. The van der Waals surface area contributed by atoms with Crippen molar-refractivity contribution in [3.05, 3.63) is 65.7 Å². The van der Waals surface area contributed by atoms with Crippen molar-refractivity contribution in [1.82, 2.24) is 0 Å². The van der Waals surface area contributed by atoms with E-state index >= 15 is 0 Å². The maximum Gasteiger partial charge on any atom is 0.336 e. The molecular formula is C16H12O4. The van der Waals surface area contributed by atoms with Gasteiger partial charge in [-0.3, -0.25) is 0 Å². The van der Waals surface area contributed by atoms with Crippen LogP contribution in [0.1, 0.15) is 15.9 Å². The van der Waals surface area contributed by atoms with E-state index in [1.54, 1.807) is 48.5 Å². The van der Waals surface area contributed by atoms with E-state index in [-0.39, 0.29) is 5.56 Å². The summed E-state index contributed by atoms with van der Waals surface area (Å²) in [4.78, 5) is 21.6. The van der Waals surface area contributed by atoms with E-state index in [1.165, 1.54) is 6.08 Å². The lowest BCUT2D eigenvalue weighted by atomic mass is 9.99. The summed E-state index contributed by atoms with van der Waals surface area (Å²) >= 11 is 0. The summed E-state index contributed by atoms with van der Waals surface area (Å²) in [7, 11) is 0. The smallest absolute Gasteiger partial charge is 0.336 e. The zero-order valence-corrected chi connectivity index (χ0v) is 10.5. The molecular weight excluding hydrogens is 256 g/mol. The summed E-state index contributed by atoms with van der Waals surface area (Å²) in [6.07, 6.45) is 2.54.